The summed E-state index contributed by atoms with van der Waals surface area (Å²) in [5, 5.41) is 19.1. The Hall–Kier alpha value is -2.29. The van der Waals surface area contributed by atoms with Gasteiger partial charge in [-0.25, -0.2) is 0 Å². The average Bonchev–Trinajstić information content (AvgIpc) is 2.32. The molecule has 0 radical (unpaired) electrons. The third-order valence-corrected chi connectivity index (χ3v) is 2.48. The van der Waals surface area contributed by atoms with Crippen LogP contribution in [0.3, 0.4) is 0 Å². The molecule has 0 saturated heterocycles. The molecule has 0 aliphatic carbocycles. The van der Waals surface area contributed by atoms with Gasteiger partial charge in [0.2, 0.25) is 0 Å². The van der Waals surface area contributed by atoms with Crippen LogP contribution in [0.4, 0.5) is 5.69 Å². The fourth-order valence-corrected chi connectivity index (χ4v) is 1.42. The summed E-state index contributed by atoms with van der Waals surface area (Å²) in [6.07, 6.45) is 1.57. The molecule has 0 aliphatic heterocycles. The predicted molar refractivity (Wildman–Crippen MR) is 68.2 cm³/mol. The van der Waals surface area contributed by atoms with Crippen LogP contribution in [0.15, 0.2) is 47.5 Å². The fraction of sp³-hybridized carbons (Fsp3) is 0.0714. The summed E-state index contributed by atoms with van der Waals surface area (Å²) < 4.78 is 0. The van der Waals surface area contributed by atoms with Gasteiger partial charge in [0.1, 0.15) is 11.5 Å². The highest BCUT2D eigenvalue weighted by Crippen LogP contribution is 2.23. The molecule has 0 atom stereocenters. The van der Waals surface area contributed by atoms with E-state index in [1.165, 1.54) is 0 Å². The smallest absolute Gasteiger partial charge is 0.124 e. The maximum Gasteiger partial charge on any atom is 0.124 e. The molecule has 0 fully saturated rings. The van der Waals surface area contributed by atoms with E-state index in [4.69, 9.17) is 0 Å². The number of benzene rings is 2. The highest BCUT2D eigenvalue weighted by Gasteiger charge is 1.98. The molecule has 2 N–H and O–H groups in total. The molecule has 17 heavy (non-hydrogen) atoms. The molecule has 3 nitrogen and oxygen atoms in total. The Morgan fingerprint density at radius 1 is 1.00 bits per heavy atom. The van der Waals surface area contributed by atoms with E-state index < -0.39 is 0 Å². The molecule has 86 valence electrons. The number of nitrogens with zero attached hydrogens (tertiary/aromatic N) is 1. The first-order chi connectivity index (χ1) is 8.16. The lowest BCUT2D eigenvalue weighted by atomic mass is 10.2. The van der Waals surface area contributed by atoms with Gasteiger partial charge in [-0.2, -0.15) is 0 Å². The quantitative estimate of drug-likeness (QED) is 0.774. The van der Waals surface area contributed by atoms with Gasteiger partial charge in [0.25, 0.3) is 0 Å². The van der Waals surface area contributed by atoms with Crippen molar-refractivity contribution < 1.29 is 10.2 Å². The summed E-state index contributed by atoms with van der Waals surface area (Å²) in [6, 6.07) is 12.2. The molecule has 0 unspecified atom stereocenters. The first-order valence-electron chi connectivity index (χ1n) is 5.28. The van der Waals surface area contributed by atoms with Crippen LogP contribution < -0.4 is 0 Å². The Labute approximate surface area is 99.7 Å². The van der Waals surface area contributed by atoms with Crippen LogP contribution in [-0.4, -0.2) is 16.4 Å². The Kier molecular flexibility index (Phi) is 3.10. The van der Waals surface area contributed by atoms with Gasteiger partial charge in [0.05, 0.1) is 5.69 Å². The Morgan fingerprint density at radius 2 is 1.76 bits per heavy atom. The number of phenolic OH excluding ortho intramolecular Hbond substituents is 2. The zero-order valence-electron chi connectivity index (χ0n) is 9.46. The van der Waals surface area contributed by atoms with Crippen LogP contribution in [-0.2, 0) is 0 Å². The molecule has 0 spiro atoms. The van der Waals surface area contributed by atoms with Gasteiger partial charge in [-0.05, 0) is 30.7 Å². The molecule has 0 saturated carbocycles. The summed E-state index contributed by atoms with van der Waals surface area (Å²) >= 11 is 0. The van der Waals surface area contributed by atoms with Crippen LogP contribution >= 0.6 is 0 Å². The molecule has 2 aromatic carbocycles. The first-order valence-corrected chi connectivity index (χ1v) is 5.28. The second-order valence-corrected chi connectivity index (χ2v) is 3.79. The molecule has 2 aromatic rings. The predicted octanol–water partition coefficient (Wildman–Crippen LogP) is 3.16. The van der Waals surface area contributed by atoms with Crippen molar-refractivity contribution in [3.8, 4) is 11.5 Å². The van der Waals surface area contributed by atoms with Crippen LogP contribution in [0.25, 0.3) is 0 Å². The fourth-order valence-electron chi connectivity index (χ4n) is 1.42. The van der Waals surface area contributed by atoms with Crippen LogP contribution in [0.2, 0.25) is 0 Å². The van der Waals surface area contributed by atoms with E-state index in [1.807, 2.05) is 19.1 Å². The van der Waals surface area contributed by atoms with Crippen molar-refractivity contribution in [3.63, 3.8) is 0 Å². The van der Waals surface area contributed by atoms with E-state index in [9.17, 15) is 10.2 Å². The lowest BCUT2D eigenvalue weighted by molar-refractivity contribution is 0.471. The van der Waals surface area contributed by atoms with E-state index in [-0.39, 0.29) is 11.5 Å². The summed E-state index contributed by atoms with van der Waals surface area (Å²) in [5.74, 6) is 0.407. The van der Waals surface area contributed by atoms with Crippen molar-refractivity contribution in [2.75, 3.05) is 0 Å². The van der Waals surface area contributed by atoms with Crippen molar-refractivity contribution in [2.45, 2.75) is 6.92 Å². The van der Waals surface area contributed by atoms with Crippen molar-refractivity contribution in [1.29, 1.82) is 0 Å². The monoisotopic (exact) mass is 227 g/mol. The largest absolute Gasteiger partial charge is 0.508 e. The number of hydrogen-bond acceptors (Lipinski definition) is 3. The normalized spacial score (nSPS) is 10.9. The number of hydrogen-bond donors (Lipinski definition) is 2. The van der Waals surface area contributed by atoms with Gasteiger partial charge < -0.3 is 10.2 Å². The van der Waals surface area contributed by atoms with Gasteiger partial charge in [-0.3, -0.25) is 4.99 Å². The number of phenols is 2. The van der Waals surface area contributed by atoms with E-state index in [1.54, 1.807) is 36.5 Å². The maximum atomic E-state index is 9.55. The zero-order chi connectivity index (χ0) is 12.3. The van der Waals surface area contributed by atoms with Gasteiger partial charge in [-0.1, -0.05) is 18.2 Å². The van der Waals surface area contributed by atoms with Crippen molar-refractivity contribution in [2.24, 2.45) is 4.99 Å². The number of aryl methyl sites for hydroxylation is 1. The summed E-state index contributed by atoms with van der Waals surface area (Å²) in [6.45, 7) is 1.83. The van der Waals surface area contributed by atoms with Crippen molar-refractivity contribution >= 4 is 11.9 Å². The molecule has 0 bridgehead atoms. The van der Waals surface area contributed by atoms with Crippen molar-refractivity contribution in [1.82, 2.24) is 0 Å². The molecule has 2 rings (SSSR count). The molecule has 3 heteroatoms. The minimum atomic E-state index is 0.188. The zero-order valence-corrected chi connectivity index (χ0v) is 9.46. The van der Waals surface area contributed by atoms with E-state index in [0.717, 1.165) is 5.56 Å². The van der Waals surface area contributed by atoms with E-state index in [0.29, 0.717) is 11.3 Å². The second-order valence-electron chi connectivity index (χ2n) is 3.79. The first kappa shape index (κ1) is 11.2. The SMILES string of the molecule is Cc1ccc(N=Cc2ccccc2O)cc1O. The number of aromatic hydroxyl groups is 2. The minimum Gasteiger partial charge on any atom is -0.508 e. The lowest BCUT2D eigenvalue weighted by Gasteiger charge is -2.00. The summed E-state index contributed by atoms with van der Waals surface area (Å²) in [4.78, 5) is 4.19. The number of para-hydroxylation sites is 1. The van der Waals surface area contributed by atoms with Crippen LogP contribution in [0, 0.1) is 6.92 Å². The molecule has 0 aliphatic rings. The molecule has 0 amide bonds. The highest BCUT2D eigenvalue weighted by molar-refractivity contribution is 5.85. The third-order valence-electron chi connectivity index (χ3n) is 2.48. The van der Waals surface area contributed by atoms with Gasteiger partial charge in [-0.15, -0.1) is 0 Å². The standard InChI is InChI=1S/C14H13NO2/c1-10-6-7-12(8-14(10)17)15-9-11-4-2-3-5-13(11)16/h2-9,16-17H,1H3. The average molecular weight is 227 g/mol. The van der Waals surface area contributed by atoms with Crippen molar-refractivity contribution in [3.05, 3.63) is 53.6 Å². The Bertz CT molecular complexity index is 562. The molecular weight excluding hydrogens is 214 g/mol. The molecule has 0 heterocycles. The maximum absolute atomic E-state index is 9.55. The molecule has 0 aromatic heterocycles. The third kappa shape index (κ3) is 2.64. The number of rotatable bonds is 2. The molecular formula is C14H13NO2. The Balaban J connectivity index is 2.26. The lowest BCUT2D eigenvalue weighted by Crippen LogP contribution is -1.81. The minimum absolute atomic E-state index is 0.188. The van der Waals surface area contributed by atoms with Gasteiger partial charge >= 0.3 is 0 Å². The van der Waals surface area contributed by atoms with Crippen LogP contribution in [0.1, 0.15) is 11.1 Å². The van der Waals surface area contributed by atoms with Gasteiger partial charge in [0, 0.05) is 17.8 Å². The van der Waals surface area contributed by atoms with Gasteiger partial charge in [0.15, 0.2) is 0 Å². The topological polar surface area (TPSA) is 52.8 Å². The Morgan fingerprint density at radius 3 is 2.47 bits per heavy atom. The summed E-state index contributed by atoms with van der Waals surface area (Å²) in [5.41, 5.74) is 2.11. The number of aliphatic imine (C=N–C) groups is 1. The van der Waals surface area contributed by atoms with E-state index in [2.05, 4.69) is 4.99 Å². The summed E-state index contributed by atoms with van der Waals surface area (Å²) in [7, 11) is 0. The van der Waals surface area contributed by atoms with E-state index >= 15 is 0 Å². The van der Waals surface area contributed by atoms with Crippen LogP contribution in [0.5, 0.6) is 11.5 Å². The second kappa shape index (κ2) is 4.70. The highest BCUT2D eigenvalue weighted by atomic mass is 16.3.